The lowest BCUT2D eigenvalue weighted by Gasteiger charge is -2.36. The number of benzene rings is 3. The van der Waals surface area contributed by atoms with E-state index in [2.05, 4.69) is 19.1 Å². The normalized spacial score (nSPS) is 12.6. The van der Waals surface area contributed by atoms with Crippen molar-refractivity contribution in [1.82, 2.24) is 0 Å². The first-order valence-corrected chi connectivity index (χ1v) is 7.91. The predicted octanol–water partition coefficient (Wildman–Crippen LogP) is 4.98. The Balaban J connectivity index is 2.23. The van der Waals surface area contributed by atoms with Crippen LogP contribution in [0.15, 0.2) is 91.0 Å². The predicted molar refractivity (Wildman–Crippen MR) is 94.6 cm³/mol. The van der Waals surface area contributed by atoms with Gasteiger partial charge in [-0.15, -0.1) is 0 Å². The van der Waals surface area contributed by atoms with E-state index in [0.29, 0.717) is 0 Å². The Bertz CT molecular complexity index is 708. The number of hydrogen-bond donors (Lipinski definition) is 0. The number of carbonyl (C=O) groups excluding carboxylic acids is 1. The first-order chi connectivity index (χ1) is 11.3. The van der Waals surface area contributed by atoms with E-state index in [-0.39, 0.29) is 5.92 Å². The average molecular weight is 300 g/mol. The monoisotopic (exact) mass is 300 g/mol. The molecule has 0 bridgehead atoms. The third-order valence-electron chi connectivity index (χ3n) is 4.67. The lowest BCUT2D eigenvalue weighted by Crippen LogP contribution is -2.35. The standard InChI is InChI=1S/C22H20O/c1-18(19-11-5-2-6-12-19)22(17-23,20-13-7-3-8-14-20)21-15-9-4-10-16-21/h2-18H,1H3. The molecule has 0 amide bonds. The molecule has 0 aliphatic carbocycles. The van der Waals surface area contributed by atoms with E-state index in [4.69, 9.17) is 0 Å². The van der Waals surface area contributed by atoms with Gasteiger partial charge < -0.3 is 4.79 Å². The lowest BCUT2D eigenvalue weighted by molar-refractivity contribution is -0.112. The molecule has 0 saturated heterocycles. The van der Waals surface area contributed by atoms with Gasteiger partial charge in [-0.25, -0.2) is 0 Å². The van der Waals surface area contributed by atoms with Crippen LogP contribution in [0.3, 0.4) is 0 Å². The van der Waals surface area contributed by atoms with E-state index in [9.17, 15) is 4.79 Å². The van der Waals surface area contributed by atoms with Crippen LogP contribution in [0, 0.1) is 0 Å². The summed E-state index contributed by atoms with van der Waals surface area (Å²) in [6.45, 7) is 2.13. The Labute approximate surface area is 137 Å². The Morgan fingerprint density at radius 1 is 0.696 bits per heavy atom. The van der Waals surface area contributed by atoms with Gasteiger partial charge in [0.1, 0.15) is 6.29 Å². The molecule has 0 aromatic heterocycles. The maximum absolute atomic E-state index is 12.4. The molecule has 1 atom stereocenters. The van der Waals surface area contributed by atoms with Gasteiger partial charge in [0.25, 0.3) is 0 Å². The van der Waals surface area contributed by atoms with Crippen LogP contribution < -0.4 is 0 Å². The van der Waals surface area contributed by atoms with Crippen LogP contribution in [0.2, 0.25) is 0 Å². The molecule has 0 saturated carbocycles. The van der Waals surface area contributed by atoms with Crippen molar-refractivity contribution in [1.29, 1.82) is 0 Å². The molecule has 3 aromatic carbocycles. The number of aldehydes is 1. The van der Waals surface area contributed by atoms with Gasteiger partial charge in [0, 0.05) is 5.92 Å². The maximum Gasteiger partial charge on any atom is 0.135 e. The van der Waals surface area contributed by atoms with Crippen LogP contribution >= 0.6 is 0 Å². The number of hydrogen-bond acceptors (Lipinski definition) is 1. The minimum absolute atomic E-state index is 0.0333. The van der Waals surface area contributed by atoms with Gasteiger partial charge in [-0.05, 0) is 16.7 Å². The lowest BCUT2D eigenvalue weighted by atomic mass is 9.65. The Morgan fingerprint density at radius 3 is 1.48 bits per heavy atom. The molecule has 3 rings (SSSR count). The smallest absolute Gasteiger partial charge is 0.135 e. The number of carbonyl (C=O) groups is 1. The van der Waals surface area contributed by atoms with Crippen molar-refractivity contribution in [2.24, 2.45) is 0 Å². The molecule has 0 fully saturated rings. The fourth-order valence-electron chi connectivity index (χ4n) is 3.34. The van der Waals surface area contributed by atoms with Crippen molar-refractivity contribution in [3.05, 3.63) is 108 Å². The quantitative estimate of drug-likeness (QED) is 0.608. The van der Waals surface area contributed by atoms with Gasteiger partial charge in [-0.2, -0.15) is 0 Å². The molecule has 0 aliphatic rings. The van der Waals surface area contributed by atoms with Crippen LogP contribution in [-0.2, 0) is 10.2 Å². The summed E-state index contributed by atoms with van der Waals surface area (Å²) < 4.78 is 0. The second-order valence-corrected chi connectivity index (χ2v) is 5.85. The van der Waals surface area contributed by atoms with Crippen molar-refractivity contribution >= 4 is 6.29 Å². The van der Waals surface area contributed by atoms with Gasteiger partial charge in [-0.3, -0.25) is 0 Å². The zero-order chi connectivity index (χ0) is 16.1. The Kier molecular flexibility index (Phi) is 4.38. The highest BCUT2D eigenvalue weighted by Gasteiger charge is 2.40. The van der Waals surface area contributed by atoms with Crippen LogP contribution in [0.4, 0.5) is 0 Å². The summed E-state index contributed by atoms with van der Waals surface area (Å²) in [6, 6.07) is 30.4. The molecule has 114 valence electrons. The zero-order valence-corrected chi connectivity index (χ0v) is 13.2. The van der Waals surface area contributed by atoms with Gasteiger partial charge >= 0.3 is 0 Å². The van der Waals surface area contributed by atoms with E-state index in [1.54, 1.807) is 0 Å². The van der Waals surface area contributed by atoms with Crippen LogP contribution in [0.1, 0.15) is 29.5 Å². The highest BCUT2D eigenvalue weighted by molar-refractivity contribution is 5.77. The summed E-state index contributed by atoms with van der Waals surface area (Å²) in [5, 5.41) is 0. The second-order valence-electron chi connectivity index (χ2n) is 5.85. The van der Waals surface area contributed by atoms with E-state index in [1.165, 1.54) is 0 Å². The molecule has 3 aromatic rings. The minimum atomic E-state index is -0.691. The SMILES string of the molecule is CC(c1ccccc1)C(C=O)(c1ccccc1)c1ccccc1. The zero-order valence-electron chi connectivity index (χ0n) is 13.2. The fourth-order valence-corrected chi connectivity index (χ4v) is 3.34. The summed E-state index contributed by atoms with van der Waals surface area (Å²) >= 11 is 0. The molecule has 0 radical (unpaired) electrons. The Morgan fingerprint density at radius 2 is 1.09 bits per heavy atom. The molecule has 0 spiro atoms. The van der Waals surface area contributed by atoms with Gasteiger partial charge in [-0.1, -0.05) is 97.9 Å². The molecule has 0 aliphatic heterocycles. The van der Waals surface area contributed by atoms with E-state index >= 15 is 0 Å². The van der Waals surface area contributed by atoms with Crippen molar-refractivity contribution in [3.8, 4) is 0 Å². The topological polar surface area (TPSA) is 17.1 Å². The molecular formula is C22H20O. The van der Waals surface area contributed by atoms with Crippen molar-refractivity contribution in [3.63, 3.8) is 0 Å². The summed E-state index contributed by atoms with van der Waals surface area (Å²) in [4.78, 5) is 12.4. The molecule has 1 unspecified atom stereocenters. The summed E-state index contributed by atoms with van der Waals surface area (Å²) in [7, 11) is 0. The third-order valence-corrected chi connectivity index (χ3v) is 4.67. The highest BCUT2D eigenvalue weighted by Crippen LogP contribution is 2.42. The van der Waals surface area contributed by atoms with Crippen LogP contribution in [0.25, 0.3) is 0 Å². The van der Waals surface area contributed by atoms with E-state index in [0.717, 1.165) is 23.0 Å². The van der Waals surface area contributed by atoms with E-state index in [1.807, 2.05) is 78.9 Å². The number of rotatable bonds is 5. The van der Waals surface area contributed by atoms with Crippen LogP contribution in [-0.4, -0.2) is 6.29 Å². The molecular weight excluding hydrogens is 280 g/mol. The van der Waals surface area contributed by atoms with Gasteiger partial charge in [0.05, 0.1) is 5.41 Å². The maximum atomic E-state index is 12.4. The molecule has 23 heavy (non-hydrogen) atoms. The molecule has 0 N–H and O–H groups in total. The van der Waals surface area contributed by atoms with Crippen molar-refractivity contribution < 1.29 is 4.79 Å². The third kappa shape index (κ3) is 2.70. The minimum Gasteiger partial charge on any atom is -0.302 e. The van der Waals surface area contributed by atoms with E-state index < -0.39 is 5.41 Å². The first-order valence-electron chi connectivity index (χ1n) is 7.91. The van der Waals surface area contributed by atoms with Gasteiger partial charge in [0.2, 0.25) is 0 Å². The second kappa shape index (κ2) is 6.62. The summed E-state index contributed by atoms with van der Waals surface area (Å²) in [5.74, 6) is 0.0333. The fraction of sp³-hybridized carbons (Fsp3) is 0.136. The van der Waals surface area contributed by atoms with Crippen molar-refractivity contribution in [2.75, 3.05) is 0 Å². The highest BCUT2D eigenvalue weighted by atomic mass is 16.1. The van der Waals surface area contributed by atoms with Crippen LogP contribution in [0.5, 0.6) is 0 Å². The Hall–Kier alpha value is -2.67. The summed E-state index contributed by atoms with van der Waals surface area (Å²) in [6.07, 6.45) is 1.11. The first kappa shape index (κ1) is 15.2. The molecule has 1 nitrogen and oxygen atoms in total. The largest absolute Gasteiger partial charge is 0.302 e. The summed E-state index contributed by atoms with van der Waals surface area (Å²) in [5.41, 5.74) is 2.52. The average Bonchev–Trinajstić information content (AvgIpc) is 2.65. The van der Waals surface area contributed by atoms with Crippen molar-refractivity contribution in [2.45, 2.75) is 18.3 Å². The van der Waals surface area contributed by atoms with Gasteiger partial charge in [0.15, 0.2) is 0 Å². The molecule has 0 heterocycles. The molecule has 1 heteroatoms.